The molecule has 2 fully saturated rings. The summed E-state index contributed by atoms with van der Waals surface area (Å²) in [5.41, 5.74) is 0.211. The molecular weight excluding hydrogens is 341 g/mol. The number of amides is 1. The number of carboxylic acids is 1. The number of carboxylic acid groups (broad SMARTS) is 1. The van der Waals surface area contributed by atoms with E-state index in [1.165, 1.54) is 12.1 Å². The van der Waals surface area contributed by atoms with Crippen LogP contribution in [0.3, 0.4) is 0 Å². The van der Waals surface area contributed by atoms with E-state index in [1.54, 1.807) is 0 Å². The van der Waals surface area contributed by atoms with Gasteiger partial charge in [-0.25, -0.2) is 4.39 Å². The van der Waals surface area contributed by atoms with Gasteiger partial charge < -0.3 is 10.4 Å². The normalized spacial score (nSPS) is 30.4. The van der Waals surface area contributed by atoms with Gasteiger partial charge in [-0.2, -0.15) is 0 Å². The lowest BCUT2D eigenvalue weighted by Crippen LogP contribution is -2.46. The van der Waals surface area contributed by atoms with Crippen LogP contribution in [0.1, 0.15) is 29.6 Å². The first-order valence-corrected chi connectivity index (χ1v) is 7.75. The van der Waals surface area contributed by atoms with Gasteiger partial charge in [-0.1, -0.05) is 0 Å². The fourth-order valence-corrected chi connectivity index (χ4v) is 3.97. The molecule has 2 aliphatic rings. The van der Waals surface area contributed by atoms with Crippen molar-refractivity contribution in [2.75, 3.05) is 0 Å². The van der Waals surface area contributed by atoms with Crippen LogP contribution in [0.2, 0.25) is 0 Å². The van der Waals surface area contributed by atoms with Crippen molar-refractivity contribution in [3.63, 3.8) is 0 Å². The average molecular weight is 356 g/mol. The molecule has 0 saturated heterocycles. The number of aliphatic carboxylic acids is 1. The molecule has 4 atom stereocenters. The molecule has 2 saturated carbocycles. The molecule has 1 aromatic rings. The summed E-state index contributed by atoms with van der Waals surface area (Å²) >= 11 is 3.04. The smallest absolute Gasteiger partial charge is 0.308 e. The van der Waals surface area contributed by atoms with Crippen molar-refractivity contribution in [1.82, 2.24) is 5.32 Å². The first-order chi connectivity index (χ1) is 9.97. The molecule has 4 unspecified atom stereocenters. The van der Waals surface area contributed by atoms with Crippen molar-refractivity contribution in [1.29, 1.82) is 0 Å². The van der Waals surface area contributed by atoms with Crippen molar-refractivity contribution in [2.45, 2.75) is 25.3 Å². The maximum Gasteiger partial charge on any atom is 0.308 e. The highest BCUT2D eigenvalue weighted by Crippen LogP contribution is 2.48. The first kappa shape index (κ1) is 14.5. The lowest BCUT2D eigenvalue weighted by atomic mass is 9.84. The van der Waals surface area contributed by atoms with Crippen molar-refractivity contribution in [3.8, 4) is 0 Å². The van der Waals surface area contributed by atoms with Gasteiger partial charge in [-0.3, -0.25) is 9.59 Å². The fraction of sp³-hybridized carbons (Fsp3) is 0.467. The molecule has 21 heavy (non-hydrogen) atoms. The molecule has 2 aliphatic carbocycles. The van der Waals surface area contributed by atoms with Crippen LogP contribution in [0, 0.1) is 23.6 Å². The highest BCUT2D eigenvalue weighted by atomic mass is 79.9. The Hall–Kier alpha value is -1.43. The van der Waals surface area contributed by atoms with E-state index in [-0.39, 0.29) is 23.4 Å². The summed E-state index contributed by atoms with van der Waals surface area (Å²) < 4.78 is 13.8. The summed E-state index contributed by atoms with van der Waals surface area (Å²) in [6.07, 6.45) is 2.73. The summed E-state index contributed by atoms with van der Waals surface area (Å²) in [6, 6.07) is 3.80. The number of hydrogen-bond donors (Lipinski definition) is 2. The third kappa shape index (κ3) is 2.57. The molecule has 0 aromatic heterocycles. The number of benzene rings is 1. The van der Waals surface area contributed by atoms with Crippen LogP contribution in [-0.2, 0) is 4.79 Å². The highest BCUT2D eigenvalue weighted by molar-refractivity contribution is 9.10. The second-order valence-electron chi connectivity index (χ2n) is 5.83. The number of halogens is 2. The molecule has 6 heteroatoms. The minimum absolute atomic E-state index is 0.152. The Morgan fingerprint density at radius 3 is 2.67 bits per heavy atom. The van der Waals surface area contributed by atoms with Gasteiger partial charge in [0.15, 0.2) is 0 Å². The van der Waals surface area contributed by atoms with Crippen molar-refractivity contribution in [2.24, 2.45) is 17.8 Å². The van der Waals surface area contributed by atoms with E-state index < -0.39 is 23.6 Å². The zero-order chi connectivity index (χ0) is 15.1. The van der Waals surface area contributed by atoms with E-state index in [0.717, 1.165) is 25.3 Å². The van der Waals surface area contributed by atoms with E-state index in [4.69, 9.17) is 0 Å². The van der Waals surface area contributed by atoms with Crippen LogP contribution >= 0.6 is 15.9 Å². The van der Waals surface area contributed by atoms with Crippen molar-refractivity contribution < 1.29 is 19.1 Å². The minimum atomic E-state index is -0.852. The lowest BCUT2D eigenvalue weighted by Gasteiger charge is -2.28. The lowest BCUT2D eigenvalue weighted by molar-refractivity contribution is -0.144. The molecule has 0 spiro atoms. The fourth-order valence-electron chi connectivity index (χ4n) is 3.73. The largest absolute Gasteiger partial charge is 0.481 e. The second kappa shape index (κ2) is 5.40. The third-order valence-corrected chi connectivity index (χ3v) is 5.32. The summed E-state index contributed by atoms with van der Waals surface area (Å²) in [5.74, 6) is -1.92. The topological polar surface area (TPSA) is 66.4 Å². The molecular formula is C15H15BrFNO3. The van der Waals surface area contributed by atoms with Gasteiger partial charge in [-0.15, -0.1) is 0 Å². The summed E-state index contributed by atoms with van der Waals surface area (Å²) in [5, 5.41) is 12.2. The van der Waals surface area contributed by atoms with E-state index in [2.05, 4.69) is 21.2 Å². The van der Waals surface area contributed by atoms with Crippen LogP contribution < -0.4 is 5.32 Å². The summed E-state index contributed by atoms with van der Waals surface area (Å²) in [6.45, 7) is 0. The molecule has 4 nitrogen and oxygen atoms in total. The van der Waals surface area contributed by atoms with Crippen LogP contribution in [-0.4, -0.2) is 23.0 Å². The van der Waals surface area contributed by atoms with Gasteiger partial charge in [0.25, 0.3) is 5.91 Å². The molecule has 1 aromatic carbocycles. The third-order valence-electron chi connectivity index (χ3n) is 4.68. The Labute approximate surface area is 129 Å². The molecule has 2 bridgehead atoms. The van der Waals surface area contributed by atoms with Crippen LogP contribution in [0.4, 0.5) is 4.39 Å². The molecule has 3 rings (SSSR count). The second-order valence-corrected chi connectivity index (χ2v) is 6.68. The Morgan fingerprint density at radius 2 is 2.00 bits per heavy atom. The van der Waals surface area contributed by atoms with Crippen LogP contribution in [0.5, 0.6) is 0 Å². The molecule has 0 radical (unpaired) electrons. The zero-order valence-corrected chi connectivity index (χ0v) is 12.8. The number of hydrogen-bond acceptors (Lipinski definition) is 2. The number of carbonyl (C=O) groups excluding carboxylic acids is 1. The summed E-state index contributed by atoms with van der Waals surface area (Å²) in [7, 11) is 0. The Morgan fingerprint density at radius 1 is 1.29 bits per heavy atom. The Balaban J connectivity index is 1.77. The maximum atomic E-state index is 13.5. The van der Waals surface area contributed by atoms with Gasteiger partial charge in [-0.05, 0) is 65.2 Å². The monoisotopic (exact) mass is 355 g/mol. The molecule has 0 aliphatic heterocycles. The van der Waals surface area contributed by atoms with Crippen LogP contribution in [0.15, 0.2) is 22.7 Å². The first-order valence-electron chi connectivity index (χ1n) is 6.96. The Bertz CT molecular complexity index is 607. The number of fused-ring (bicyclic) bond motifs is 2. The number of rotatable bonds is 3. The quantitative estimate of drug-likeness (QED) is 0.875. The summed E-state index contributed by atoms with van der Waals surface area (Å²) in [4.78, 5) is 23.6. The van der Waals surface area contributed by atoms with Gasteiger partial charge in [0, 0.05) is 11.6 Å². The van der Waals surface area contributed by atoms with E-state index in [9.17, 15) is 19.1 Å². The average Bonchev–Trinajstić information content (AvgIpc) is 3.02. The van der Waals surface area contributed by atoms with Gasteiger partial charge in [0.2, 0.25) is 0 Å². The highest BCUT2D eigenvalue weighted by Gasteiger charge is 2.51. The maximum absolute atomic E-state index is 13.5. The van der Waals surface area contributed by atoms with Gasteiger partial charge in [0.05, 0.1) is 10.4 Å². The van der Waals surface area contributed by atoms with E-state index in [0.29, 0.717) is 4.47 Å². The van der Waals surface area contributed by atoms with Crippen molar-refractivity contribution in [3.05, 3.63) is 34.1 Å². The SMILES string of the molecule is O=C(NC1C2CCC(C2)C1C(=O)O)c1ccc(Br)c(F)c1. The van der Waals surface area contributed by atoms with E-state index in [1.807, 2.05) is 0 Å². The minimum Gasteiger partial charge on any atom is -0.481 e. The molecule has 2 N–H and O–H groups in total. The number of carbonyl (C=O) groups is 2. The number of nitrogens with one attached hydrogen (secondary N) is 1. The van der Waals surface area contributed by atoms with Gasteiger partial charge in [0.1, 0.15) is 5.82 Å². The predicted octanol–water partition coefficient (Wildman–Crippen LogP) is 2.82. The van der Waals surface area contributed by atoms with Gasteiger partial charge >= 0.3 is 5.97 Å². The molecule has 0 heterocycles. The molecule has 1 amide bonds. The van der Waals surface area contributed by atoms with Crippen LogP contribution in [0.25, 0.3) is 0 Å². The molecule has 112 valence electrons. The van der Waals surface area contributed by atoms with E-state index >= 15 is 0 Å². The Kier molecular flexibility index (Phi) is 3.73. The standard InChI is InChI=1S/C15H15BrFNO3/c16-10-4-3-9(6-11(10)17)14(19)18-13-8-2-1-7(5-8)12(13)15(20)21/h3-4,6-8,12-13H,1-2,5H2,(H,18,19)(H,20,21). The van der Waals surface area contributed by atoms with Crippen molar-refractivity contribution >= 4 is 27.8 Å². The predicted molar refractivity (Wildman–Crippen MR) is 77.3 cm³/mol. The zero-order valence-electron chi connectivity index (χ0n) is 11.2.